The molecule has 0 bridgehead atoms. The second kappa shape index (κ2) is 7.73. The van der Waals surface area contributed by atoms with Gasteiger partial charge in [-0.2, -0.15) is 0 Å². The first kappa shape index (κ1) is 17.7. The molecule has 24 heavy (non-hydrogen) atoms. The largest absolute Gasteiger partial charge is 0.340 e. The lowest BCUT2D eigenvalue weighted by Gasteiger charge is -2.22. The number of amides is 2. The molecule has 2 amide bonds. The molecule has 0 unspecified atom stereocenters. The fraction of sp³-hybridized carbons (Fsp3) is 0.263. The minimum absolute atomic E-state index is 0.0775. The predicted octanol–water partition coefficient (Wildman–Crippen LogP) is 3.53. The standard InChI is InChI=1S/C19H21FN2O2/c1-12(2)17(19(24)21-14-10-8-13(3)9-11-14)22-18(23)15-6-4-5-7-16(15)20/h4-12,17H,1-3H3,(H,21,24)(H,22,23)/t17-/m0/s1. The van der Waals surface area contributed by atoms with Gasteiger partial charge in [-0.15, -0.1) is 0 Å². The number of nitrogens with one attached hydrogen (secondary N) is 2. The Bertz CT molecular complexity index is 726. The second-order valence-electron chi connectivity index (χ2n) is 6.03. The van der Waals surface area contributed by atoms with E-state index in [1.807, 2.05) is 32.9 Å². The molecule has 0 spiro atoms. The molecule has 4 nitrogen and oxygen atoms in total. The van der Waals surface area contributed by atoms with E-state index in [2.05, 4.69) is 10.6 Å². The van der Waals surface area contributed by atoms with E-state index in [0.29, 0.717) is 5.69 Å². The summed E-state index contributed by atoms with van der Waals surface area (Å²) in [6.07, 6.45) is 0. The third-order valence-electron chi connectivity index (χ3n) is 3.67. The first-order valence-electron chi connectivity index (χ1n) is 7.81. The van der Waals surface area contributed by atoms with Crippen LogP contribution < -0.4 is 10.6 Å². The van der Waals surface area contributed by atoms with Crippen molar-refractivity contribution in [2.45, 2.75) is 26.8 Å². The molecule has 0 aliphatic heterocycles. The number of benzene rings is 2. The Morgan fingerprint density at radius 3 is 2.21 bits per heavy atom. The molecule has 0 aliphatic carbocycles. The Hall–Kier alpha value is -2.69. The number of carbonyl (C=O) groups is 2. The molecule has 2 aromatic carbocycles. The Morgan fingerprint density at radius 2 is 1.62 bits per heavy atom. The number of hydrogen-bond donors (Lipinski definition) is 2. The number of hydrogen-bond acceptors (Lipinski definition) is 2. The highest BCUT2D eigenvalue weighted by atomic mass is 19.1. The third kappa shape index (κ3) is 4.41. The van der Waals surface area contributed by atoms with Gasteiger partial charge in [0.2, 0.25) is 5.91 Å². The van der Waals surface area contributed by atoms with Gasteiger partial charge in [0, 0.05) is 5.69 Å². The van der Waals surface area contributed by atoms with Crippen molar-refractivity contribution in [1.82, 2.24) is 5.32 Å². The first-order chi connectivity index (χ1) is 11.4. The van der Waals surface area contributed by atoms with Crippen LogP contribution in [0.4, 0.5) is 10.1 Å². The monoisotopic (exact) mass is 328 g/mol. The van der Waals surface area contributed by atoms with Gasteiger partial charge in [0.05, 0.1) is 5.56 Å². The van der Waals surface area contributed by atoms with E-state index in [4.69, 9.17) is 0 Å². The minimum Gasteiger partial charge on any atom is -0.340 e. The van der Waals surface area contributed by atoms with E-state index < -0.39 is 17.8 Å². The number of anilines is 1. The summed E-state index contributed by atoms with van der Waals surface area (Å²) in [7, 11) is 0. The molecule has 0 saturated heterocycles. The van der Waals surface area contributed by atoms with Crippen molar-refractivity contribution < 1.29 is 14.0 Å². The SMILES string of the molecule is Cc1ccc(NC(=O)[C@@H](NC(=O)c2ccccc2F)C(C)C)cc1. The fourth-order valence-corrected chi connectivity index (χ4v) is 2.26. The van der Waals surface area contributed by atoms with Crippen LogP contribution >= 0.6 is 0 Å². The van der Waals surface area contributed by atoms with Crippen molar-refractivity contribution in [3.8, 4) is 0 Å². The zero-order chi connectivity index (χ0) is 17.7. The molecular weight excluding hydrogens is 307 g/mol. The topological polar surface area (TPSA) is 58.2 Å². The number of carbonyl (C=O) groups excluding carboxylic acids is 2. The molecule has 126 valence electrons. The molecule has 2 rings (SSSR count). The van der Waals surface area contributed by atoms with E-state index in [1.165, 1.54) is 18.2 Å². The summed E-state index contributed by atoms with van der Waals surface area (Å²) in [5.41, 5.74) is 1.66. The normalized spacial score (nSPS) is 11.9. The Labute approximate surface area is 141 Å². The van der Waals surface area contributed by atoms with Crippen LogP contribution in [-0.4, -0.2) is 17.9 Å². The zero-order valence-corrected chi connectivity index (χ0v) is 14.0. The summed E-state index contributed by atoms with van der Waals surface area (Å²) >= 11 is 0. The van der Waals surface area contributed by atoms with Crippen LogP contribution in [0.3, 0.4) is 0 Å². The van der Waals surface area contributed by atoms with E-state index in [-0.39, 0.29) is 17.4 Å². The van der Waals surface area contributed by atoms with Gasteiger partial charge in [0.25, 0.3) is 5.91 Å². The minimum atomic E-state index is -0.765. The quantitative estimate of drug-likeness (QED) is 0.882. The summed E-state index contributed by atoms with van der Waals surface area (Å²) in [6, 6.07) is 12.3. The summed E-state index contributed by atoms with van der Waals surface area (Å²) in [5.74, 6) is -1.70. The molecule has 0 radical (unpaired) electrons. The van der Waals surface area contributed by atoms with Crippen molar-refractivity contribution in [2.75, 3.05) is 5.32 Å². The van der Waals surface area contributed by atoms with Gasteiger partial charge in [-0.1, -0.05) is 43.7 Å². The molecule has 0 heterocycles. The molecule has 1 atom stereocenters. The smallest absolute Gasteiger partial charge is 0.254 e. The Balaban J connectivity index is 2.11. The van der Waals surface area contributed by atoms with E-state index in [9.17, 15) is 14.0 Å². The second-order valence-corrected chi connectivity index (χ2v) is 6.03. The number of rotatable bonds is 5. The maximum atomic E-state index is 13.7. The van der Waals surface area contributed by atoms with Crippen LogP contribution in [-0.2, 0) is 4.79 Å². The van der Waals surface area contributed by atoms with Crippen LogP contribution in [0.25, 0.3) is 0 Å². The fourth-order valence-electron chi connectivity index (χ4n) is 2.26. The van der Waals surface area contributed by atoms with Crippen LogP contribution in [0.15, 0.2) is 48.5 Å². The van der Waals surface area contributed by atoms with Crippen LogP contribution in [0.1, 0.15) is 29.8 Å². The zero-order valence-electron chi connectivity index (χ0n) is 14.0. The van der Waals surface area contributed by atoms with E-state index >= 15 is 0 Å². The average Bonchev–Trinajstić information content (AvgIpc) is 2.54. The summed E-state index contributed by atoms with van der Waals surface area (Å²) in [6.45, 7) is 5.60. The molecule has 0 aliphatic rings. The highest BCUT2D eigenvalue weighted by Crippen LogP contribution is 2.13. The molecule has 5 heteroatoms. The van der Waals surface area contributed by atoms with Crippen LogP contribution in [0.2, 0.25) is 0 Å². The van der Waals surface area contributed by atoms with Crippen LogP contribution in [0, 0.1) is 18.7 Å². The van der Waals surface area contributed by atoms with Gasteiger partial charge < -0.3 is 10.6 Å². The van der Waals surface area contributed by atoms with Gasteiger partial charge in [0.15, 0.2) is 0 Å². The molecule has 0 saturated carbocycles. The maximum Gasteiger partial charge on any atom is 0.254 e. The summed E-state index contributed by atoms with van der Waals surface area (Å²) in [4.78, 5) is 24.7. The highest BCUT2D eigenvalue weighted by Gasteiger charge is 2.25. The van der Waals surface area contributed by atoms with E-state index in [1.54, 1.807) is 18.2 Å². The van der Waals surface area contributed by atoms with Crippen molar-refractivity contribution in [2.24, 2.45) is 5.92 Å². The van der Waals surface area contributed by atoms with Gasteiger partial charge in [0.1, 0.15) is 11.9 Å². The first-order valence-corrected chi connectivity index (χ1v) is 7.81. The average molecular weight is 328 g/mol. The third-order valence-corrected chi connectivity index (χ3v) is 3.67. The summed E-state index contributed by atoms with van der Waals surface area (Å²) in [5, 5.41) is 5.39. The van der Waals surface area contributed by atoms with Gasteiger partial charge in [-0.05, 0) is 37.1 Å². The van der Waals surface area contributed by atoms with Gasteiger partial charge >= 0.3 is 0 Å². The number of halogens is 1. The van der Waals surface area contributed by atoms with Crippen molar-refractivity contribution in [1.29, 1.82) is 0 Å². The lowest BCUT2D eigenvalue weighted by molar-refractivity contribution is -0.118. The van der Waals surface area contributed by atoms with Gasteiger partial charge in [-0.3, -0.25) is 9.59 Å². The maximum absolute atomic E-state index is 13.7. The lowest BCUT2D eigenvalue weighted by atomic mass is 10.0. The van der Waals surface area contributed by atoms with E-state index in [0.717, 1.165) is 5.56 Å². The van der Waals surface area contributed by atoms with Crippen molar-refractivity contribution in [3.63, 3.8) is 0 Å². The summed E-state index contributed by atoms with van der Waals surface area (Å²) < 4.78 is 13.7. The number of aryl methyl sites for hydroxylation is 1. The molecule has 2 N–H and O–H groups in total. The van der Waals surface area contributed by atoms with Gasteiger partial charge in [-0.25, -0.2) is 4.39 Å². The molecular formula is C19H21FN2O2. The molecule has 0 aromatic heterocycles. The van der Waals surface area contributed by atoms with Crippen LogP contribution in [0.5, 0.6) is 0 Å². The van der Waals surface area contributed by atoms with Crippen molar-refractivity contribution >= 4 is 17.5 Å². The molecule has 0 fully saturated rings. The Kier molecular flexibility index (Phi) is 5.68. The van der Waals surface area contributed by atoms with Crippen molar-refractivity contribution in [3.05, 3.63) is 65.5 Å². The Morgan fingerprint density at radius 1 is 1.00 bits per heavy atom. The molecule has 2 aromatic rings. The highest BCUT2D eigenvalue weighted by molar-refractivity contribution is 6.01. The lowest BCUT2D eigenvalue weighted by Crippen LogP contribution is -2.47. The predicted molar refractivity (Wildman–Crippen MR) is 92.3 cm³/mol.